The van der Waals surface area contributed by atoms with Crippen LogP contribution in [0.1, 0.15) is 29.0 Å². The molecule has 0 saturated heterocycles. The van der Waals surface area contributed by atoms with Crippen LogP contribution >= 0.6 is 12.2 Å². The van der Waals surface area contributed by atoms with Crippen LogP contribution < -0.4 is 16.0 Å². The van der Waals surface area contributed by atoms with Crippen LogP contribution in [0.3, 0.4) is 0 Å². The topological polar surface area (TPSA) is 66.0 Å². The van der Waals surface area contributed by atoms with Crippen molar-refractivity contribution in [3.63, 3.8) is 0 Å². The summed E-state index contributed by atoms with van der Waals surface area (Å²) in [6.45, 7) is 1.99. The molecule has 5 nitrogen and oxygen atoms in total. The fourth-order valence-electron chi connectivity index (χ4n) is 3.26. The van der Waals surface area contributed by atoms with E-state index in [1.54, 1.807) is 36.4 Å². The largest absolute Gasteiger partial charge is 0.354 e. The standard InChI is InChI=1S/C25H21FN4OS/c1-16(23-14-17-6-2-3-7-18(17)15-27-23)28-25(32)30-20-12-10-19(11-13-20)29-24(31)21-8-4-5-9-22(21)26/h2-16H,1H3,(H,29,31)(H2,28,30,32). The number of nitrogens with one attached hydrogen (secondary N) is 3. The zero-order chi connectivity index (χ0) is 22.5. The zero-order valence-corrected chi connectivity index (χ0v) is 18.1. The minimum atomic E-state index is -0.560. The molecule has 3 N–H and O–H groups in total. The van der Waals surface area contributed by atoms with E-state index in [0.717, 1.165) is 22.2 Å². The van der Waals surface area contributed by atoms with Gasteiger partial charge in [0.05, 0.1) is 17.3 Å². The summed E-state index contributed by atoms with van der Waals surface area (Å²) in [5, 5.41) is 11.7. The highest BCUT2D eigenvalue weighted by Crippen LogP contribution is 2.19. The van der Waals surface area contributed by atoms with Gasteiger partial charge >= 0.3 is 0 Å². The first kappa shape index (κ1) is 21.4. The molecule has 7 heteroatoms. The minimum Gasteiger partial charge on any atom is -0.354 e. The molecule has 0 spiro atoms. The summed E-state index contributed by atoms with van der Waals surface area (Å²) in [5.74, 6) is -1.06. The van der Waals surface area contributed by atoms with Crippen molar-refractivity contribution in [2.45, 2.75) is 13.0 Å². The van der Waals surface area contributed by atoms with Crippen LogP contribution in [0, 0.1) is 5.82 Å². The first-order valence-corrected chi connectivity index (χ1v) is 10.5. The third-order valence-corrected chi connectivity index (χ3v) is 5.18. The van der Waals surface area contributed by atoms with Crippen molar-refractivity contribution in [1.29, 1.82) is 0 Å². The Balaban J connectivity index is 1.35. The van der Waals surface area contributed by atoms with Gasteiger partial charge in [-0.2, -0.15) is 0 Å². The van der Waals surface area contributed by atoms with Gasteiger partial charge in [-0.1, -0.05) is 36.4 Å². The smallest absolute Gasteiger partial charge is 0.258 e. The molecule has 1 heterocycles. The van der Waals surface area contributed by atoms with Crippen molar-refractivity contribution in [2.24, 2.45) is 0 Å². The number of carbonyl (C=O) groups is 1. The Bertz CT molecular complexity index is 1280. The number of carbonyl (C=O) groups excluding carboxylic acids is 1. The molecule has 0 radical (unpaired) electrons. The Kier molecular flexibility index (Phi) is 6.37. The summed E-state index contributed by atoms with van der Waals surface area (Å²) < 4.78 is 13.8. The van der Waals surface area contributed by atoms with Gasteiger partial charge in [0.25, 0.3) is 5.91 Å². The number of fused-ring (bicyclic) bond motifs is 1. The number of aromatic nitrogens is 1. The third kappa shape index (κ3) is 5.07. The second-order valence-electron chi connectivity index (χ2n) is 7.29. The molecule has 32 heavy (non-hydrogen) atoms. The fraction of sp³-hybridized carbons (Fsp3) is 0.0800. The molecule has 0 fully saturated rings. The van der Waals surface area contributed by atoms with Gasteiger partial charge in [0.2, 0.25) is 0 Å². The van der Waals surface area contributed by atoms with Crippen LogP contribution in [-0.4, -0.2) is 16.0 Å². The zero-order valence-electron chi connectivity index (χ0n) is 17.3. The molecule has 0 bridgehead atoms. The van der Waals surface area contributed by atoms with Gasteiger partial charge in [0.1, 0.15) is 5.82 Å². The number of thiocarbonyl (C=S) groups is 1. The molecule has 1 atom stereocenters. The first-order chi connectivity index (χ1) is 15.5. The molecular formula is C25H21FN4OS. The monoisotopic (exact) mass is 444 g/mol. The molecule has 0 aliphatic heterocycles. The van der Waals surface area contributed by atoms with Crippen molar-refractivity contribution in [1.82, 2.24) is 10.3 Å². The van der Waals surface area contributed by atoms with Gasteiger partial charge in [0.15, 0.2) is 5.11 Å². The Labute approximate surface area is 190 Å². The molecule has 1 amide bonds. The van der Waals surface area contributed by atoms with Gasteiger partial charge < -0.3 is 16.0 Å². The lowest BCUT2D eigenvalue weighted by Gasteiger charge is -2.17. The van der Waals surface area contributed by atoms with Crippen LogP contribution in [0.2, 0.25) is 0 Å². The van der Waals surface area contributed by atoms with Crippen molar-refractivity contribution >= 4 is 45.4 Å². The van der Waals surface area contributed by atoms with Crippen molar-refractivity contribution < 1.29 is 9.18 Å². The molecule has 1 aromatic heterocycles. The molecule has 160 valence electrons. The lowest BCUT2D eigenvalue weighted by Crippen LogP contribution is -2.31. The van der Waals surface area contributed by atoms with Gasteiger partial charge in [-0.25, -0.2) is 4.39 Å². The molecule has 0 aliphatic rings. The quantitative estimate of drug-likeness (QED) is 0.346. The van der Waals surface area contributed by atoms with Crippen LogP contribution in [0.4, 0.5) is 15.8 Å². The number of anilines is 2. The molecule has 4 rings (SSSR count). The number of hydrogen-bond acceptors (Lipinski definition) is 3. The van der Waals surface area contributed by atoms with E-state index in [1.165, 1.54) is 12.1 Å². The summed E-state index contributed by atoms with van der Waals surface area (Å²) >= 11 is 5.43. The number of pyridine rings is 1. The molecular weight excluding hydrogens is 423 g/mol. The maximum Gasteiger partial charge on any atom is 0.258 e. The number of halogens is 1. The molecule has 3 aromatic carbocycles. The average Bonchev–Trinajstić information content (AvgIpc) is 2.80. The van der Waals surface area contributed by atoms with E-state index in [9.17, 15) is 9.18 Å². The summed E-state index contributed by atoms with van der Waals surface area (Å²) in [7, 11) is 0. The molecule has 1 unspecified atom stereocenters. The SMILES string of the molecule is CC(NC(=S)Nc1ccc(NC(=O)c2ccccc2F)cc1)c1cc2ccccc2cn1. The lowest BCUT2D eigenvalue weighted by molar-refractivity contribution is 0.102. The van der Waals surface area contributed by atoms with E-state index in [-0.39, 0.29) is 11.6 Å². The number of hydrogen-bond donors (Lipinski definition) is 3. The summed E-state index contributed by atoms with van der Waals surface area (Å²) in [5.41, 5.74) is 2.19. The second kappa shape index (κ2) is 9.53. The number of rotatable bonds is 5. The van der Waals surface area contributed by atoms with E-state index in [4.69, 9.17) is 12.2 Å². The summed E-state index contributed by atoms with van der Waals surface area (Å²) in [6, 6.07) is 22.9. The van der Waals surface area contributed by atoms with E-state index in [2.05, 4.69) is 27.0 Å². The van der Waals surface area contributed by atoms with E-state index in [0.29, 0.717) is 10.8 Å². The van der Waals surface area contributed by atoms with Gasteiger partial charge in [-0.15, -0.1) is 0 Å². The molecule has 0 saturated carbocycles. The molecule has 0 aliphatic carbocycles. The van der Waals surface area contributed by atoms with Gasteiger partial charge in [-0.3, -0.25) is 9.78 Å². The van der Waals surface area contributed by atoms with E-state index < -0.39 is 11.7 Å². The third-order valence-electron chi connectivity index (χ3n) is 4.96. The number of amides is 1. The maximum atomic E-state index is 13.8. The first-order valence-electron chi connectivity index (χ1n) is 10.1. The minimum absolute atomic E-state index is 0.00336. The maximum absolute atomic E-state index is 13.8. The fourth-order valence-corrected chi connectivity index (χ4v) is 3.55. The predicted molar refractivity (Wildman–Crippen MR) is 130 cm³/mol. The summed E-state index contributed by atoms with van der Waals surface area (Å²) in [6.07, 6.45) is 1.85. The summed E-state index contributed by atoms with van der Waals surface area (Å²) in [4.78, 5) is 16.8. The highest BCUT2D eigenvalue weighted by molar-refractivity contribution is 7.80. The Morgan fingerprint density at radius 2 is 1.53 bits per heavy atom. The van der Waals surface area contributed by atoms with Crippen molar-refractivity contribution in [2.75, 3.05) is 10.6 Å². The highest BCUT2D eigenvalue weighted by Gasteiger charge is 2.12. The predicted octanol–water partition coefficient (Wildman–Crippen LogP) is 5.67. The lowest BCUT2D eigenvalue weighted by atomic mass is 10.1. The van der Waals surface area contributed by atoms with Crippen LogP contribution in [0.15, 0.2) is 85.1 Å². The van der Waals surface area contributed by atoms with E-state index in [1.807, 2.05) is 37.4 Å². The Hall–Kier alpha value is -3.84. The Morgan fingerprint density at radius 1 is 0.906 bits per heavy atom. The van der Waals surface area contributed by atoms with Gasteiger partial charge in [-0.05, 0) is 67.0 Å². The normalized spacial score (nSPS) is 11.6. The average molecular weight is 445 g/mol. The Morgan fingerprint density at radius 3 is 2.25 bits per heavy atom. The number of benzene rings is 3. The van der Waals surface area contributed by atoms with Crippen LogP contribution in [-0.2, 0) is 0 Å². The molecule has 4 aromatic rings. The van der Waals surface area contributed by atoms with Gasteiger partial charge in [0, 0.05) is 23.0 Å². The van der Waals surface area contributed by atoms with E-state index >= 15 is 0 Å². The van der Waals surface area contributed by atoms with Crippen LogP contribution in [0.5, 0.6) is 0 Å². The second-order valence-corrected chi connectivity index (χ2v) is 7.70. The highest BCUT2D eigenvalue weighted by atomic mass is 32.1. The van der Waals surface area contributed by atoms with Crippen molar-refractivity contribution in [3.05, 3.63) is 102 Å². The number of nitrogens with zero attached hydrogens (tertiary/aromatic N) is 1. The van der Waals surface area contributed by atoms with Crippen LogP contribution in [0.25, 0.3) is 10.8 Å². The van der Waals surface area contributed by atoms with Crippen molar-refractivity contribution in [3.8, 4) is 0 Å².